The Kier molecular flexibility index (Phi) is 3.03. The first-order chi connectivity index (χ1) is 8.00. The normalized spacial score (nSPS) is 11.9. The molecule has 0 saturated heterocycles. The van der Waals surface area contributed by atoms with Crippen molar-refractivity contribution in [1.82, 2.24) is 19.9 Å². The summed E-state index contributed by atoms with van der Waals surface area (Å²) in [4.78, 5) is 3.10. The second kappa shape index (κ2) is 4.34. The topological polar surface area (TPSA) is 90.6 Å². The second-order valence-electron chi connectivity index (χ2n) is 3.81. The molecule has 0 fully saturated rings. The van der Waals surface area contributed by atoms with Crippen LogP contribution in [0.25, 0.3) is 0 Å². The van der Waals surface area contributed by atoms with E-state index in [2.05, 4.69) is 19.9 Å². The van der Waals surface area contributed by atoms with E-state index in [1.807, 2.05) is 6.07 Å². The number of rotatable bonds is 4. The molecule has 0 amide bonds. The van der Waals surface area contributed by atoms with Gasteiger partial charge in [0, 0.05) is 18.9 Å². The first-order valence-corrected chi connectivity index (χ1v) is 6.62. The molecule has 0 spiro atoms. The minimum absolute atomic E-state index is 0.230. The minimum atomic E-state index is -3.51. The van der Waals surface area contributed by atoms with Gasteiger partial charge in [-0.05, 0) is 25.5 Å². The average Bonchev–Trinajstić information content (AvgIpc) is 2.86. The number of hydrogen-bond acceptors (Lipinski definition) is 3. The van der Waals surface area contributed by atoms with Crippen LogP contribution in [-0.2, 0) is 16.6 Å². The van der Waals surface area contributed by atoms with Gasteiger partial charge in [-0.25, -0.2) is 13.1 Å². The van der Waals surface area contributed by atoms with Gasteiger partial charge in [0.15, 0.2) is 0 Å². The number of nitrogens with one attached hydrogen (secondary N) is 3. The van der Waals surface area contributed by atoms with E-state index in [1.165, 1.54) is 0 Å². The Morgan fingerprint density at radius 1 is 1.41 bits per heavy atom. The zero-order chi connectivity index (χ0) is 12.5. The lowest BCUT2D eigenvalue weighted by atomic mass is 10.4. The van der Waals surface area contributed by atoms with E-state index in [1.54, 1.807) is 26.2 Å². The molecule has 0 bridgehead atoms. The number of sulfonamides is 1. The zero-order valence-corrected chi connectivity index (χ0v) is 10.4. The summed E-state index contributed by atoms with van der Waals surface area (Å²) >= 11 is 0. The molecule has 0 aliphatic rings. The van der Waals surface area contributed by atoms with Crippen LogP contribution in [-0.4, -0.2) is 23.6 Å². The fraction of sp³-hybridized carbons (Fsp3) is 0.300. The predicted molar refractivity (Wildman–Crippen MR) is 62.9 cm³/mol. The molecule has 6 nitrogen and oxygen atoms in total. The molecular formula is C10H14N4O2S. The molecule has 2 aromatic heterocycles. The number of aryl methyl sites for hydroxylation is 2. The highest BCUT2D eigenvalue weighted by Gasteiger charge is 2.21. The van der Waals surface area contributed by atoms with Gasteiger partial charge in [0.2, 0.25) is 10.0 Å². The van der Waals surface area contributed by atoms with Crippen LogP contribution < -0.4 is 4.72 Å². The fourth-order valence-corrected chi connectivity index (χ4v) is 3.04. The quantitative estimate of drug-likeness (QED) is 0.755. The van der Waals surface area contributed by atoms with E-state index >= 15 is 0 Å². The standard InChI is InChI=1S/C10H14N4O2S/c1-7-10(8(2)14-13-7)17(15,16)12-6-9-3-4-11-5-9/h3-5,11-12H,6H2,1-2H3,(H,13,14). The molecule has 0 saturated carbocycles. The maximum atomic E-state index is 12.0. The molecule has 0 unspecified atom stereocenters. The van der Waals surface area contributed by atoms with Crippen molar-refractivity contribution in [2.45, 2.75) is 25.3 Å². The van der Waals surface area contributed by atoms with Crippen molar-refractivity contribution in [1.29, 1.82) is 0 Å². The molecule has 7 heteroatoms. The first-order valence-electron chi connectivity index (χ1n) is 5.13. The highest BCUT2D eigenvalue weighted by molar-refractivity contribution is 7.89. The summed E-state index contributed by atoms with van der Waals surface area (Å²) in [5, 5.41) is 6.54. The van der Waals surface area contributed by atoms with E-state index in [0.29, 0.717) is 11.4 Å². The van der Waals surface area contributed by atoms with Gasteiger partial charge < -0.3 is 4.98 Å². The van der Waals surface area contributed by atoms with Crippen LogP contribution in [0.15, 0.2) is 23.4 Å². The molecule has 0 atom stereocenters. The second-order valence-corrected chi connectivity index (χ2v) is 5.51. The van der Waals surface area contributed by atoms with Gasteiger partial charge in [-0.1, -0.05) is 0 Å². The summed E-state index contributed by atoms with van der Waals surface area (Å²) in [5.74, 6) is 0. The number of hydrogen-bond donors (Lipinski definition) is 3. The Balaban J connectivity index is 2.20. The number of nitrogens with zero attached hydrogens (tertiary/aromatic N) is 1. The first kappa shape index (κ1) is 11.9. The van der Waals surface area contributed by atoms with Crippen LogP contribution in [0.1, 0.15) is 17.0 Å². The average molecular weight is 254 g/mol. The lowest BCUT2D eigenvalue weighted by Gasteiger charge is -2.05. The predicted octanol–water partition coefficient (Wildman–Crippen LogP) is 0.833. The molecular weight excluding hydrogens is 240 g/mol. The zero-order valence-electron chi connectivity index (χ0n) is 9.61. The molecule has 17 heavy (non-hydrogen) atoms. The van der Waals surface area contributed by atoms with E-state index < -0.39 is 10.0 Å². The molecule has 2 rings (SSSR count). The van der Waals surface area contributed by atoms with E-state index in [0.717, 1.165) is 5.56 Å². The van der Waals surface area contributed by atoms with Crippen molar-refractivity contribution in [2.75, 3.05) is 0 Å². The SMILES string of the molecule is Cc1n[nH]c(C)c1S(=O)(=O)NCc1cc[nH]c1. The Labute approximate surface area is 99.5 Å². The molecule has 0 aliphatic heterocycles. The van der Waals surface area contributed by atoms with Crippen LogP contribution in [0.3, 0.4) is 0 Å². The summed E-state index contributed by atoms with van der Waals surface area (Å²) in [7, 11) is -3.51. The van der Waals surface area contributed by atoms with Crippen LogP contribution in [0, 0.1) is 13.8 Å². The van der Waals surface area contributed by atoms with Gasteiger partial charge in [-0.2, -0.15) is 5.10 Å². The lowest BCUT2D eigenvalue weighted by Crippen LogP contribution is -2.24. The molecule has 3 N–H and O–H groups in total. The minimum Gasteiger partial charge on any atom is -0.367 e. The highest BCUT2D eigenvalue weighted by atomic mass is 32.2. The molecule has 0 aliphatic carbocycles. The van der Waals surface area contributed by atoms with Gasteiger partial charge >= 0.3 is 0 Å². The molecule has 2 aromatic rings. The highest BCUT2D eigenvalue weighted by Crippen LogP contribution is 2.16. The van der Waals surface area contributed by atoms with E-state index in [4.69, 9.17) is 0 Å². The Hall–Kier alpha value is -1.60. The van der Waals surface area contributed by atoms with Gasteiger partial charge in [-0.15, -0.1) is 0 Å². The molecule has 0 aromatic carbocycles. The van der Waals surface area contributed by atoms with Crippen molar-refractivity contribution in [3.63, 3.8) is 0 Å². The summed E-state index contributed by atoms with van der Waals surface area (Å²) < 4.78 is 26.6. The third kappa shape index (κ3) is 2.40. The largest absolute Gasteiger partial charge is 0.367 e. The van der Waals surface area contributed by atoms with Crippen LogP contribution in [0.2, 0.25) is 0 Å². The third-order valence-electron chi connectivity index (χ3n) is 2.46. The van der Waals surface area contributed by atoms with Crippen LogP contribution in [0.4, 0.5) is 0 Å². The Bertz CT molecular complexity index is 579. The molecule has 92 valence electrons. The molecule has 2 heterocycles. The van der Waals surface area contributed by atoms with Crippen molar-refractivity contribution in [2.24, 2.45) is 0 Å². The maximum Gasteiger partial charge on any atom is 0.244 e. The van der Waals surface area contributed by atoms with Crippen molar-refractivity contribution in [3.05, 3.63) is 35.4 Å². The van der Waals surface area contributed by atoms with Gasteiger partial charge in [0.25, 0.3) is 0 Å². The summed E-state index contributed by atoms with van der Waals surface area (Å²) in [6.45, 7) is 3.61. The Morgan fingerprint density at radius 2 is 2.18 bits per heavy atom. The summed E-state index contributed by atoms with van der Waals surface area (Å²) in [5.41, 5.74) is 1.90. The van der Waals surface area contributed by atoms with Crippen LogP contribution >= 0.6 is 0 Å². The van der Waals surface area contributed by atoms with Crippen molar-refractivity contribution in [3.8, 4) is 0 Å². The lowest BCUT2D eigenvalue weighted by molar-refractivity contribution is 0.580. The van der Waals surface area contributed by atoms with E-state index in [-0.39, 0.29) is 11.4 Å². The molecule has 0 radical (unpaired) electrons. The number of aromatic nitrogens is 3. The van der Waals surface area contributed by atoms with Crippen LogP contribution in [0.5, 0.6) is 0 Å². The monoisotopic (exact) mass is 254 g/mol. The van der Waals surface area contributed by atoms with E-state index in [9.17, 15) is 8.42 Å². The number of aromatic amines is 2. The van der Waals surface area contributed by atoms with Gasteiger partial charge in [0.1, 0.15) is 4.90 Å². The summed E-state index contributed by atoms with van der Waals surface area (Å²) in [6, 6.07) is 1.82. The maximum absolute atomic E-state index is 12.0. The van der Waals surface area contributed by atoms with Gasteiger partial charge in [-0.3, -0.25) is 5.10 Å². The third-order valence-corrected chi connectivity index (χ3v) is 4.12. The number of H-pyrrole nitrogens is 2. The van der Waals surface area contributed by atoms with Crippen molar-refractivity contribution >= 4 is 10.0 Å². The fourth-order valence-electron chi connectivity index (χ4n) is 1.66. The smallest absolute Gasteiger partial charge is 0.244 e. The summed E-state index contributed by atoms with van der Waals surface area (Å²) in [6.07, 6.45) is 3.50. The van der Waals surface area contributed by atoms with Crippen molar-refractivity contribution < 1.29 is 8.42 Å². The van der Waals surface area contributed by atoms with Gasteiger partial charge in [0.05, 0.1) is 11.4 Å². The Morgan fingerprint density at radius 3 is 2.71 bits per heavy atom.